The van der Waals surface area contributed by atoms with Gasteiger partial charge in [0.2, 0.25) is 0 Å². The maximum absolute atomic E-state index is 11.7. The number of hydrogen-bond donors (Lipinski definition) is 3. The van der Waals surface area contributed by atoms with Crippen LogP contribution in [0.2, 0.25) is 5.02 Å². The normalized spacial score (nSPS) is 13.3. The minimum atomic E-state index is -0.234. The molecule has 0 radical (unpaired) electrons. The molecule has 0 aliphatic carbocycles. The number of aliphatic hydroxyl groups excluding tert-OH is 1. The summed E-state index contributed by atoms with van der Waals surface area (Å²) < 4.78 is 5.66. The SMILES string of the molecule is CC(CCCO)NC(=O)NCC(C)Oc1cccc(Cl)c1. The van der Waals surface area contributed by atoms with E-state index >= 15 is 0 Å². The van der Waals surface area contributed by atoms with Crippen molar-refractivity contribution in [2.45, 2.75) is 38.8 Å². The monoisotopic (exact) mass is 314 g/mol. The van der Waals surface area contributed by atoms with Gasteiger partial charge in [-0.25, -0.2) is 4.79 Å². The molecule has 0 aliphatic rings. The van der Waals surface area contributed by atoms with Gasteiger partial charge in [0, 0.05) is 17.7 Å². The fourth-order valence-corrected chi connectivity index (χ4v) is 1.98. The summed E-state index contributed by atoms with van der Waals surface area (Å²) in [6.45, 7) is 4.31. The Hall–Kier alpha value is -1.46. The highest BCUT2D eigenvalue weighted by Gasteiger charge is 2.09. The lowest BCUT2D eigenvalue weighted by Gasteiger charge is -2.18. The number of halogens is 1. The largest absolute Gasteiger partial charge is 0.489 e. The van der Waals surface area contributed by atoms with E-state index in [0.29, 0.717) is 23.7 Å². The number of hydrogen-bond acceptors (Lipinski definition) is 3. The second-order valence-electron chi connectivity index (χ2n) is 5.01. The molecule has 0 heterocycles. The average molecular weight is 315 g/mol. The van der Waals surface area contributed by atoms with E-state index in [4.69, 9.17) is 21.4 Å². The molecule has 1 rings (SSSR count). The van der Waals surface area contributed by atoms with Crippen molar-refractivity contribution in [2.75, 3.05) is 13.2 Å². The molecule has 0 saturated heterocycles. The molecule has 0 saturated carbocycles. The van der Waals surface area contributed by atoms with E-state index in [2.05, 4.69) is 10.6 Å². The summed E-state index contributed by atoms with van der Waals surface area (Å²) in [7, 11) is 0. The topological polar surface area (TPSA) is 70.6 Å². The Morgan fingerprint density at radius 2 is 2.19 bits per heavy atom. The van der Waals surface area contributed by atoms with Crippen LogP contribution in [0.1, 0.15) is 26.7 Å². The average Bonchev–Trinajstić information content (AvgIpc) is 2.43. The lowest BCUT2D eigenvalue weighted by atomic mass is 10.2. The van der Waals surface area contributed by atoms with Crippen LogP contribution >= 0.6 is 11.6 Å². The van der Waals surface area contributed by atoms with Gasteiger partial charge >= 0.3 is 6.03 Å². The van der Waals surface area contributed by atoms with Crippen molar-refractivity contribution >= 4 is 17.6 Å². The van der Waals surface area contributed by atoms with E-state index in [1.807, 2.05) is 26.0 Å². The van der Waals surface area contributed by atoms with Crippen LogP contribution in [0.25, 0.3) is 0 Å². The Balaban J connectivity index is 2.26. The molecule has 0 bridgehead atoms. The van der Waals surface area contributed by atoms with Crippen molar-refractivity contribution in [1.29, 1.82) is 0 Å². The number of carbonyl (C=O) groups is 1. The lowest BCUT2D eigenvalue weighted by molar-refractivity contribution is 0.205. The second-order valence-corrected chi connectivity index (χ2v) is 5.44. The van der Waals surface area contributed by atoms with Crippen LogP contribution in [-0.4, -0.2) is 36.4 Å². The Bertz CT molecular complexity index is 443. The van der Waals surface area contributed by atoms with Gasteiger partial charge < -0.3 is 20.5 Å². The molecule has 5 nitrogen and oxygen atoms in total. The van der Waals surface area contributed by atoms with Crippen molar-refractivity contribution in [3.05, 3.63) is 29.3 Å². The van der Waals surface area contributed by atoms with Gasteiger partial charge in [0.25, 0.3) is 0 Å². The van der Waals surface area contributed by atoms with Gasteiger partial charge in [-0.15, -0.1) is 0 Å². The number of carbonyl (C=O) groups excluding carboxylic acids is 1. The number of urea groups is 1. The maximum Gasteiger partial charge on any atom is 0.315 e. The Kier molecular flexibility index (Phi) is 7.93. The zero-order valence-electron chi connectivity index (χ0n) is 12.4. The number of amides is 2. The van der Waals surface area contributed by atoms with Gasteiger partial charge in [0.15, 0.2) is 0 Å². The number of nitrogens with one attached hydrogen (secondary N) is 2. The van der Waals surface area contributed by atoms with Crippen LogP contribution in [0.5, 0.6) is 5.75 Å². The second kappa shape index (κ2) is 9.47. The summed E-state index contributed by atoms with van der Waals surface area (Å²) in [5.41, 5.74) is 0. The first-order valence-corrected chi connectivity index (χ1v) is 7.46. The molecular formula is C15H23ClN2O3. The minimum Gasteiger partial charge on any atom is -0.489 e. The molecule has 0 aliphatic heterocycles. The maximum atomic E-state index is 11.7. The van der Waals surface area contributed by atoms with Crippen LogP contribution in [0.3, 0.4) is 0 Å². The molecule has 1 aromatic carbocycles. The summed E-state index contributed by atoms with van der Waals surface area (Å²) in [5, 5.41) is 14.9. The van der Waals surface area contributed by atoms with Crippen LogP contribution in [-0.2, 0) is 0 Å². The zero-order chi connectivity index (χ0) is 15.7. The molecule has 0 aromatic heterocycles. The predicted molar refractivity (Wildman–Crippen MR) is 83.9 cm³/mol. The minimum absolute atomic E-state index is 0.0290. The Morgan fingerprint density at radius 1 is 1.43 bits per heavy atom. The first-order chi connectivity index (χ1) is 10.0. The van der Waals surface area contributed by atoms with E-state index in [-0.39, 0.29) is 24.8 Å². The van der Waals surface area contributed by atoms with Crippen LogP contribution in [0.15, 0.2) is 24.3 Å². The standard InChI is InChI=1S/C15H23ClN2O3/c1-11(5-4-8-19)18-15(20)17-10-12(2)21-14-7-3-6-13(16)9-14/h3,6-7,9,11-12,19H,4-5,8,10H2,1-2H3,(H2,17,18,20). The number of rotatable bonds is 8. The van der Waals surface area contributed by atoms with E-state index in [9.17, 15) is 4.79 Å². The molecule has 1 aromatic rings. The van der Waals surface area contributed by atoms with Crippen molar-refractivity contribution < 1.29 is 14.6 Å². The molecule has 2 unspecified atom stereocenters. The summed E-state index contributed by atoms with van der Waals surface area (Å²) in [6, 6.07) is 6.93. The van der Waals surface area contributed by atoms with E-state index in [1.54, 1.807) is 12.1 Å². The molecule has 2 amide bonds. The summed E-state index contributed by atoms with van der Waals surface area (Å²) in [6.07, 6.45) is 1.26. The Labute approximate surface area is 130 Å². The highest BCUT2D eigenvalue weighted by atomic mass is 35.5. The van der Waals surface area contributed by atoms with Crippen molar-refractivity contribution in [1.82, 2.24) is 10.6 Å². The highest BCUT2D eigenvalue weighted by Crippen LogP contribution is 2.18. The summed E-state index contributed by atoms with van der Waals surface area (Å²) >= 11 is 5.88. The smallest absolute Gasteiger partial charge is 0.315 e. The molecule has 0 fully saturated rings. The van der Waals surface area contributed by atoms with Gasteiger partial charge in [-0.3, -0.25) is 0 Å². The number of aliphatic hydroxyl groups is 1. The van der Waals surface area contributed by atoms with E-state index in [1.165, 1.54) is 0 Å². The highest BCUT2D eigenvalue weighted by molar-refractivity contribution is 6.30. The molecule has 2 atom stereocenters. The fraction of sp³-hybridized carbons (Fsp3) is 0.533. The van der Waals surface area contributed by atoms with Gasteiger partial charge in [0.05, 0.1) is 6.54 Å². The van der Waals surface area contributed by atoms with Crippen molar-refractivity contribution in [2.24, 2.45) is 0 Å². The summed E-state index contributed by atoms with van der Waals surface area (Å²) in [5.74, 6) is 0.675. The first kappa shape index (κ1) is 17.6. The van der Waals surface area contributed by atoms with Gasteiger partial charge in [-0.2, -0.15) is 0 Å². The zero-order valence-corrected chi connectivity index (χ0v) is 13.2. The van der Waals surface area contributed by atoms with Gasteiger partial charge in [-0.1, -0.05) is 17.7 Å². The first-order valence-electron chi connectivity index (χ1n) is 7.08. The third kappa shape index (κ3) is 7.78. The number of ether oxygens (including phenoxy) is 1. The number of benzene rings is 1. The van der Waals surface area contributed by atoms with Crippen LogP contribution in [0, 0.1) is 0 Å². The lowest BCUT2D eigenvalue weighted by Crippen LogP contribution is -2.44. The molecule has 21 heavy (non-hydrogen) atoms. The third-order valence-electron chi connectivity index (χ3n) is 2.86. The third-order valence-corrected chi connectivity index (χ3v) is 3.09. The van der Waals surface area contributed by atoms with E-state index in [0.717, 1.165) is 6.42 Å². The molecular weight excluding hydrogens is 292 g/mol. The Morgan fingerprint density at radius 3 is 2.86 bits per heavy atom. The fourth-order valence-electron chi connectivity index (χ4n) is 1.80. The van der Waals surface area contributed by atoms with Crippen LogP contribution < -0.4 is 15.4 Å². The van der Waals surface area contributed by atoms with Gasteiger partial charge in [-0.05, 0) is 44.9 Å². The molecule has 6 heteroatoms. The van der Waals surface area contributed by atoms with Crippen LogP contribution in [0.4, 0.5) is 4.79 Å². The van der Waals surface area contributed by atoms with Crippen molar-refractivity contribution in [3.8, 4) is 5.75 Å². The van der Waals surface area contributed by atoms with Gasteiger partial charge in [0.1, 0.15) is 11.9 Å². The molecule has 3 N–H and O–H groups in total. The van der Waals surface area contributed by atoms with E-state index < -0.39 is 0 Å². The quantitative estimate of drug-likeness (QED) is 0.690. The molecule has 118 valence electrons. The summed E-state index contributed by atoms with van der Waals surface area (Å²) in [4.78, 5) is 11.7. The molecule has 0 spiro atoms. The predicted octanol–water partition coefficient (Wildman–Crippen LogP) is 2.57. The van der Waals surface area contributed by atoms with Crippen molar-refractivity contribution in [3.63, 3.8) is 0 Å².